The highest BCUT2D eigenvalue weighted by Crippen LogP contribution is 2.40. The molecule has 0 aromatic carbocycles. The van der Waals surface area contributed by atoms with Crippen molar-refractivity contribution in [3.05, 3.63) is 29.0 Å². The molecule has 10 heteroatoms. The average Bonchev–Trinajstić information content (AvgIpc) is 3.06. The van der Waals surface area contributed by atoms with Gasteiger partial charge >= 0.3 is 6.18 Å². The van der Waals surface area contributed by atoms with Crippen LogP contribution in [0, 0.1) is 5.92 Å². The molecule has 0 unspecified atom stereocenters. The van der Waals surface area contributed by atoms with E-state index in [0.717, 1.165) is 36.7 Å². The largest absolute Gasteiger partial charge is 0.417 e. The zero-order valence-corrected chi connectivity index (χ0v) is 17.8. The summed E-state index contributed by atoms with van der Waals surface area (Å²) in [5, 5.41) is 15.3. The molecule has 2 aromatic rings. The first kappa shape index (κ1) is 22.5. The molecule has 0 aliphatic heterocycles. The van der Waals surface area contributed by atoms with Crippen molar-refractivity contribution in [2.24, 2.45) is 5.92 Å². The van der Waals surface area contributed by atoms with Crippen LogP contribution in [0.25, 0.3) is 10.4 Å². The van der Waals surface area contributed by atoms with Crippen molar-refractivity contribution in [3.63, 3.8) is 0 Å². The second-order valence-electron chi connectivity index (χ2n) is 8.26. The molecule has 0 radical (unpaired) electrons. The monoisotopic (exact) mass is 442 g/mol. The normalized spacial score (nSPS) is 16.1. The highest BCUT2D eigenvalue weighted by atomic mass is 32.1. The van der Waals surface area contributed by atoms with Gasteiger partial charge in [-0.05, 0) is 45.6 Å². The van der Waals surface area contributed by atoms with Crippen LogP contribution in [0.1, 0.15) is 55.4 Å². The maximum atomic E-state index is 13.7. The van der Waals surface area contributed by atoms with E-state index in [2.05, 4.69) is 20.6 Å². The highest BCUT2D eigenvalue weighted by molar-refractivity contribution is 7.17. The first-order valence-electron chi connectivity index (χ1n) is 9.74. The lowest BCUT2D eigenvalue weighted by molar-refractivity contribution is -0.137. The third kappa shape index (κ3) is 5.48. The number of nitrogens with zero attached hydrogens (tertiary/aromatic N) is 2. The van der Waals surface area contributed by atoms with E-state index in [9.17, 15) is 23.1 Å². The molecule has 3 rings (SSSR count). The molecule has 164 valence electrons. The van der Waals surface area contributed by atoms with Gasteiger partial charge in [-0.1, -0.05) is 6.42 Å². The average molecular weight is 443 g/mol. The Hall–Kier alpha value is -2.20. The lowest BCUT2D eigenvalue weighted by Crippen LogP contribution is -2.38. The Kier molecular flexibility index (Phi) is 6.37. The number of hydrogen-bond donors (Lipinski definition) is 3. The van der Waals surface area contributed by atoms with Crippen LogP contribution in [-0.4, -0.2) is 39.2 Å². The molecule has 1 amide bonds. The van der Waals surface area contributed by atoms with E-state index >= 15 is 0 Å². The van der Waals surface area contributed by atoms with Crippen LogP contribution in [0.4, 0.5) is 19.0 Å². The predicted octanol–water partition coefficient (Wildman–Crippen LogP) is 4.33. The number of halogens is 3. The van der Waals surface area contributed by atoms with Gasteiger partial charge in [0.2, 0.25) is 0 Å². The summed E-state index contributed by atoms with van der Waals surface area (Å²) in [4.78, 5) is 20.5. The SMILES string of the molecule is C[C@@H](Nc1cc(C(F)(F)F)c(-c2cnc(C(=O)NCC(C)(C)O)s2)cn1)C1CCC1. The number of aliphatic hydroxyl groups is 1. The second kappa shape index (κ2) is 8.50. The number of carbonyl (C=O) groups excluding carboxylic acids is 1. The van der Waals surface area contributed by atoms with Crippen LogP contribution in [0.3, 0.4) is 0 Å². The van der Waals surface area contributed by atoms with Crippen molar-refractivity contribution in [1.82, 2.24) is 15.3 Å². The summed E-state index contributed by atoms with van der Waals surface area (Å²) < 4.78 is 41.2. The number of thiazole rings is 1. The Balaban J connectivity index is 1.83. The van der Waals surface area contributed by atoms with Gasteiger partial charge in [0, 0.05) is 30.5 Å². The molecular weight excluding hydrogens is 417 g/mol. The van der Waals surface area contributed by atoms with Gasteiger partial charge in [0.15, 0.2) is 5.01 Å². The number of aromatic nitrogens is 2. The van der Waals surface area contributed by atoms with Gasteiger partial charge in [-0.25, -0.2) is 9.97 Å². The first-order chi connectivity index (χ1) is 13.9. The molecule has 1 fully saturated rings. The molecule has 1 saturated carbocycles. The Morgan fingerprint density at radius 1 is 1.30 bits per heavy atom. The number of pyridine rings is 1. The van der Waals surface area contributed by atoms with E-state index in [1.54, 1.807) is 0 Å². The van der Waals surface area contributed by atoms with E-state index < -0.39 is 23.2 Å². The van der Waals surface area contributed by atoms with E-state index in [4.69, 9.17) is 0 Å². The van der Waals surface area contributed by atoms with E-state index in [1.807, 2.05) is 6.92 Å². The minimum atomic E-state index is -4.58. The Morgan fingerprint density at radius 2 is 2.00 bits per heavy atom. The van der Waals surface area contributed by atoms with Crippen LogP contribution in [0.2, 0.25) is 0 Å². The molecule has 6 nitrogen and oxygen atoms in total. The van der Waals surface area contributed by atoms with Crippen LogP contribution in [-0.2, 0) is 6.18 Å². The van der Waals surface area contributed by atoms with Crippen molar-refractivity contribution in [2.75, 3.05) is 11.9 Å². The van der Waals surface area contributed by atoms with Crippen LogP contribution in [0.5, 0.6) is 0 Å². The van der Waals surface area contributed by atoms with Crippen molar-refractivity contribution in [3.8, 4) is 10.4 Å². The summed E-state index contributed by atoms with van der Waals surface area (Å²) in [5.74, 6) is 0.0768. The summed E-state index contributed by atoms with van der Waals surface area (Å²) >= 11 is 0.847. The van der Waals surface area contributed by atoms with Gasteiger partial charge in [0.05, 0.1) is 16.0 Å². The van der Waals surface area contributed by atoms with Gasteiger partial charge in [0.1, 0.15) is 5.82 Å². The fraction of sp³-hybridized carbons (Fsp3) is 0.550. The topological polar surface area (TPSA) is 87.1 Å². The quantitative estimate of drug-likeness (QED) is 0.594. The second-order valence-corrected chi connectivity index (χ2v) is 9.29. The minimum absolute atomic E-state index is 0.00432. The lowest BCUT2D eigenvalue weighted by Gasteiger charge is -2.32. The number of anilines is 1. The zero-order valence-electron chi connectivity index (χ0n) is 17.0. The molecule has 1 atom stereocenters. The molecule has 1 aliphatic rings. The van der Waals surface area contributed by atoms with Crippen molar-refractivity contribution >= 4 is 23.1 Å². The number of amides is 1. The van der Waals surface area contributed by atoms with Crippen molar-refractivity contribution < 1.29 is 23.1 Å². The zero-order chi connectivity index (χ0) is 22.1. The van der Waals surface area contributed by atoms with Crippen LogP contribution in [0.15, 0.2) is 18.5 Å². The lowest BCUT2D eigenvalue weighted by atomic mass is 9.80. The van der Waals surface area contributed by atoms with Crippen molar-refractivity contribution in [1.29, 1.82) is 0 Å². The van der Waals surface area contributed by atoms with Crippen LogP contribution >= 0.6 is 11.3 Å². The Bertz CT molecular complexity index is 904. The summed E-state index contributed by atoms with van der Waals surface area (Å²) in [5.41, 5.74) is -2.06. The van der Waals surface area contributed by atoms with Gasteiger partial charge < -0.3 is 15.7 Å². The molecule has 1 aliphatic carbocycles. The van der Waals surface area contributed by atoms with E-state index in [-0.39, 0.29) is 33.9 Å². The van der Waals surface area contributed by atoms with Gasteiger partial charge in [-0.3, -0.25) is 4.79 Å². The molecule has 0 saturated heterocycles. The molecule has 2 aromatic heterocycles. The number of alkyl halides is 3. The summed E-state index contributed by atoms with van der Waals surface area (Å²) in [7, 11) is 0. The smallest absolute Gasteiger partial charge is 0.389 e. The van der Waals surface area contributed by atoms with Gasteiger partial charge in [-0.2, -0.15) is 13.2 Å². The summed E-state index contributed by atoms with van der Waals surface area (Å²) in [6.45, 7) is 5.01. The highest BCUT2D eigenvalue weighted by Gasteiger charge is 2.35. The molecule has 0 spiro atoms. The maximum absolute atomic E-state index is 13.7. The Morgan fingerprint density at radius 3 is 2.57 bits per heavy atom. The number of nitrogens with one attached hydrogen (secondary N) is 2. The molecule has 0 bridgehead atoms. The number of carbonyl (C=O) groups is 1. The molecular formula is C20H25F3N4O2S. The van der Waals surface area contributed by atoms with Gasteiger partial charge in [-0.15, -0.1) is 11.3 Å². The van der Waals surface area contributed by atoms with Crippen molar-refractivity contribution in [2.45, 2.75) is 57.9 Å². The molecule has 30 heavy (non-hydrogen) atoms. The Labute approximate surface area is 176 Å². The van der Waals surface area contributed by atoms with E-state index in [0.29, 0.717) is 5.92 Å². The number of rotatable bonds is 7. The fourth-order valence-corrected chi connectivity index (χ4v) is 3.99. The third-order valence-corrected chi connectivity index (χ3v) is 6.12. The first-order valence-corrected chi connectivity index (χ1v) is 10.6. The fourth-order valence-electron chi connectivity index (χ4n) is 3.13. The summed E-state index contributed by atoms with van der Waals surface area (Å²) in [6, 6.07) is 1.06. The standard InChI is InChI=1S/C20H25F3N4O2S/c1-11(12-5-4-6-12)27-16-7-14(20(21,22)23)13(8-24-16)15-9-25-18(30-15)17(28)26-10-19(2,3)29/h7-9,11-12,29H,4-6,10H2,1-3H3,(H,24,27)(H,26,28)/t11-/m1/s1. The van der Waals surface area contributed by atoms with E-state index in [1.165, 1.54) is 26.2 Å². The third-order valence-electron chi connectivity index (χ3n) is 5.09. The maximum Gasteiger partial charge on any atom is 0.417 e. The summed E-state index contributed by atoms with van der Waals surface area (Å²) in [6.07, 6.45) is 1.11. The van der Waals surface area contributed by atoms with Gasteiger partial charge in [0.25, 0.3) is 5.91 Å². The molecule has 3 N–H and O–H groups in total. The van der Waals surface area contributed by atoms with Crippen LogP contribution < -0.4 is 10.6 Å². The predicted molar refractivity (Wildman–Crippen MR) is 109 cm³/mol. The minimum Gasteiger partial charge on any atom is -0.389 e. The number of hydrogen-bond acceptors (Lipinski definition) is 6. The molecule has 2 heterocycles.